The van der Waals surface area contributed by atoms with Gasteiger partial charge in [0.2, 0.25) is 0 Å². The third-order valence-electron chi connectivity index (χ3n) is 1.11. The molecule has 0 nitrogen and oxygen atoms in total. The lowest BCUT2D eigenvalue weighted by molar-refractivity contribution is -0.182. The molecule has 0 aliphatic carbocycles. The van der Waals surface area contributed by atoms with Crippen LogP contribution in [0.25, 0.3) is 0 Å². The van der Waals surface area contributed by atoms with Crippen molar-refractivity contribution >= 4 is 55.1 Å². The van der Waals surface area contributed by atoms with Gasteiger partial charge < -0.3 is 0 Å². The van der Waals surface area contributed by atoms with Crippen molar-refractivity contribution in [3.63, 3.8) is 0 Å². The first-order valence-electron chi connectivity index (χ1n) is 2.64. The molecule has 0 N–H and O–H groups in total. The van der Waals surface area contributed by atoms with Crippen molar-refractivity contribution in [1.29, 1.82) is 0 Å². The van der Waals surface area contributed by atoms with Crippen molar-refractivity contribution in [1.82, 2.24) is 0 Å². The molecular formula is C4Br2Cl2F6. The fourth-order valence-electron chi connectivity index (χ4n) is 0.356. The van der Waals surface area contributed by atoms with Gasteiger partial charge in [-0.05, 0) is 31.9 Å². The monoisotopic (exact) mass is 390 g/mol. The van der Waals surface area contributed by atoms with Gasteiger partial charge in [0.1, 0.15) is 0 Å². The normalized spacial score (nSPS) is 19.3. The van der Waals surface area contributed by atoms with Crippen molar-refractivity contribution in [2.75, 3.05) is 0 Å². The molecule has 0 amide bonds. The molecule has 0 aliphatic heterocycles. The molecule has 1 unspecified atom stereocenters. The lowest BCUT2D eigenvalue weighted by atomic mass is 10.2. The molecule has 0 spiro atoms. The van der Waals surface area contributed by atoms with Crippen LogP contribution in [0.5, 0.6) is 0 Å². The van der Waals surface area contributed by atoms with Crippen molar-refractivity contribution in [2.24, 2.45) is 0 Å². The summed E-state index contributed by atoms with van der Waals surface area (Å²) >= 11 is 11.1. The molecule has 0 rings (SSSR count). The van der Waals surface area contributed by atoms with E-state index in [1.54, 1.807) is 0 Å². The maximum atomic E-state index is 12.8. The summed E-state index contributed by atoms with van der Waals surface area (Å²) in [6, 6.07) is 0. The van der Waals surface area contributed by atoms with E-state index in [0.29, 0.717) is 0 Å². The van der Waals surface area contributed by atoms with Crippen molar-refractivity contribution < 1.29 is 26.3 Å². The Morgan fingerprint density at radius 2 is 1.07 bits per heavy atom. The molecular weight excluding hydrogens is 393 g/mol. The first kappa shape index (κ1) is 15.1. The third-order valence-corrected chi connectivity index (χ3v) is 3.66. The zero-order chi connectivity index (χ0) is 12.0. The van der Waals surface area contributed by atoms with Crippen LogP contribution in [0.15, 0.2) is 0 Å². The van der Waals surface area contributed by atoms with Crippen LogP contribution in [-0.2, 0) is 0 Å². The lowest BCUT2D eigenvalue weighted by Crippen LogP contribution is -2.56. The fourth-order valence-corrected chi connectivity index (χ4v) is 1.37. The Bertz CT molecular complexity index is 195. The summed E-state index contributed by atoms with van der Waals surface area (Å²) < 4.78 is 65.7. The van der Waals surface area contributed by atoms with Crippen LogP contribution < -0.4 is 0 Å². The summed E-state index contributed by atoms with van der Waals surface area (Å²) in [4.78, 5) is -4.76. The molecule has 0 saturated heterocycles. The van der Waals surface area contributed by atoms with E-state index in [-0.39, 0.29) is 0 Å². The molecule has 14 heavy (non-hydrogen) atoms. The minimum absolute atomic E-state index is 1.31. The molecule has 0 radical (unpaired) electrons. The summed E-state index contributed by atoms with van der Waals surface area (Å²) in [5.74, 6) is -5.36. The van der Waals surface area contributed by atoms with Gasteiger partial charge in [0, 0.05) is 0 Å². The maximum Gasteiger partial charge on any atom is 0.359 e. The van der Waals surface area contributed by atoms with Gasteiger partial charge >= 0.3 is 19.9 Å². The van der Waals surface area contributed by atoms with E-state index in [0.717, 1.165) is 0 Å². The standard InChI is InChI=1S/C4Br2Cl2F6/c5-1(9,3(6,12)13)2(10,11)4(7,8)14. The minimum Gasteiger partial charge on any atom is -0.216 e. The molecule has 0 aromatic heterocycles. The van der Waals surface area contributed by atoms with Crippen molar-refractivity contribution in [3.05, 3.63) is 0 Å². The lowest BCUT2D eigenvalue weighted by Gasteiger charge is -2.34. The second-order valence-corrected chi connectivity index (χ2v) is 5.47. The molecule has 86 valence electrons. The average molecular weight is 393 g/mol. The first-order valence-corrected chi connectivity index (χ1v) is 4.98. The predicted molar refractivity (Wildman–Crippen MR) is 47.1 cm³/mol. The predicted octanol–water partition coefficient (Wildman–Crippen LogP) is 4.77. The largest absolute Gasteiger partial charge is 0.359 e. The van der Waals surface area contributed by atoms with E-state index in [9.17, 15) is 26.3 Å². The smallest absolute Gasteiger partial charge is 0.216 e. The van der Waals surface area contributed by atoms with Gasteiger partial charge in [-0.25, -0.2) is 8.78 Å². The van der Waals surface area contributed by atoms with Gasteiger partial charge in [0.25, 0.3) is 0 Å². The zero-order valence-corrected chi connectivity index (χ0v) is 10.5. The summed E-state index contributed by atoms with van der Waals surface area (Å²) in [7, 11) is 0. The number of rotatable bonds is 3. The van der Waals surface area contributed by atoms with Crippen LogP contribution in [0.3, 0.4) is 0 Å². The minimum atomic E-state index is -5.36. The highest BCUT2D eigenvalue weighted by Gasteiger charge is 2.76. The van der Waals surface area contributed by atoms with E-state index in [1.165, 1.54) is 31.9 Å². The quantitative estimate of drug-likeness (QED) is 0.479. The van der Waals surface area contributed by atoms with E-state index >= 15 is 0 Å². The topological polar surface area (TPSA) is 0 Å². The summed E-state index contributed by atoms with van der Waals surface area (Å²) in [5.41, 5.74) is 0. The molecule has 0 bridgehead atoms. The Balaban J connectivity index is 5.30. The summed E-state index contributed by atoms with van der Waals surface area (Å²) in [6.45, 7) is 0. The van der Waals surface area contributed by atoms with Gasteiger partial charge in [-0.15, -0.1) is 0 Å². The Morgan fingerprint density at radius 1 is 0.786 bits per heavy atom. The highest BCUT2D eigenvalue weighted by atomic mass is 79.9. The molecule has 1 atom stereocenters. The molecule has 0 fully saturated rings. The Hall–Kier alpha value is 1.12. The SMILES string of the molecule is FC(Cl)(Cl)C(F)(F)C(F)(Br)C(F)(F)Br. The molecule has 0 saturated carbocycles. The summed E-state index contributed by atoms with van der Waals surface area (Å²) in [6.07, 6.45) is 0. The van der Waals surface area contributed by atoms with Gasteiger partial charge in [-0.1, -0.05) is 23.2 Å². The van der Waals surface area contributed by atoms with E-state index in [1.807, 2.05) is 0 Å². The second-order valence-electron chi connectivity index (χ2n) is 2.14. The highest BCUT2D eigenvalue weighted by Crippen LogP contribution is 2.58. The number of alkyl halides is 10. The van der Waals surface area contributed by atoms with Crippen LogP contribution in [-0.4, -0.2) is 19.9 Å². The fraction of sp³-hybridized carbons (Fsp3) is 1.00. The van der Waals surface area contributed by atoms with Crippen LogP contribution in [0, 0.1) is 0 Å². The molecule has 0 aromatic carbocycles. The van der Waals surface area contributed by atoms with Crippen molar-refractivity contribution in [3.8, 4) is 0 Å². The average Bonchev–Trinajstić information content (AvgIpc) is 1.81. The van der Waals surface area contributed by atoms with E-state index in [4.69, 9.17) is 0 Å². The summed E-state index contributed by atoms with van der Waals surface area (Å²) in [5, 5.41) is 0. The highest BCUT2D eigenvalue weighted by molar-refractivity contribution is 9.12. The van der Waals surface area contributed by atoms with Crippen molar-refractivity contribution in [2.45, 2.75) is 19.9 Å². The first-order chi connectivity index (χ1) is 5.75. The number of hydrogen-bond acceptors (Lipinski definition) is 0. The molecule has 0 aliphatic rings. The van der Waals surface area contributed by atoms with E-state index < -0.39 is 19.9 Å². The molecule has 0 aromatic rings. The second kappa shape index (κ2) is 3.85. The van der Waals surface area contributed by atoms with E-state index in [2.05, 4.69) is 23.2 Å². The number of halogens is 10. The Labute approximate surface area is 101 Å². The van der Waals surface area contributed by atoms with Crippen LogP contribution in [0.1, 0.15) is 0 Å². The maximum absolute atomic E-state index is 12.8. The third kappa shape index (κ3) is 2.44. The number of hydrogen-bond donors (Lipinski definition) is 0. The van der Waals surface area contributed by atoms with Gasteiger partial charge in [0.05, 0.1) is 0 Å². The Morgan fingerprint density at radius 3 is 1.14 bits per heavy atom. The van der Waals surface area contributed by atoms with Crippen LogP contribution in [0.2, 0.25) is 0 Å². The van der Waals surface area contributed by atoms with Crippen LogP contribution >= 0.6 is 55.1 Å². The Kier molecular flexibility index (Phi) is 4.16. The van der Waals surface area contributed by atoms with Crippen LogP contribution in [0.4, 0.5) is 26.3 Å². The van der Waals surface area contributed by atoms with Gasteiger partial charge in [-0.2, -0.15) is 17.6 Å². The van der Waals surface area contributed by atoms with Gasteiger partial charge in [0.15, 0.2) is 0 Å². The zero-order valence-electron chi connectivity index (χ0n) is 5.78. The molecule has 10 heteroatoms. The molecule has 0 heterocycles. The van der Waals surface area contributed by atoms with Gasteiger partial charge in [-0.3, -0.25) is 0 Å².